The molecule has 0 bridgehead atoms. The first kappa shape index (κ1) is 20.0. The molecule has 1 aliphatic heterocycles. The highest BCUT2D eigenvalue weighted by molar-refractivity contribution is 7.89. The van der Waals surface area contributed by atoms with E-state index in [-0.39, 0.29) is 11.2 Å². The minimum atomic E-state index is -3.33. The van der Waals surface area contributed by atoms with Gasteiger partial charge in [0.25, 0.3) is 0 Å². The second-order valence-electron chi connectivity index (χ2n) is 7.86. The van der Waals surface area contributed by atoms with Gasteiger partial charge in [-0.1, -0.05) is 13.8 Å². The van der Waals surface area contributed by atoms with Crippen molar-refractivity contribution in [3.63, 3.8) is 0 Å². The van der Waals surface area contributed by atoms with Crippen LogP contribution in [0.4, 0.5) is 0 Å². The van der Waals surface area contributed by atoms with Gasteiger partial charge in [0.2, 0.25) is 10.0 Å². The van der Waals surface area contributed by atoms with Crippen molar-refractivity contribution in [3.8, 4) is 5.69 Å². The van der Waals surface area contributed by atoms with E-state index in [0.29, 0.717) is 26.1 Å². The Hall–Kier alpha value is -1.77. The van der Waals surface area contributed by atoms with Crippen LogP contribution >= 0.6 is 0 Å². The molecule has 8 heteroatoms. The molecule has 7 nitrogen and oxygen atoms in total. The Morgan fingerprint density at radius 3 is 2.67 bits per heavy atom. The van der Waals surface area contributed by atoms with Crippen molar-refractivity contribution < 1.29 is 13.2 Å². The molecule has 3 heterocycles. The van der Waals surface area contributed by atoms with E-state index in [9.17, 15) is 8.42 Å². The number of methoxy groups -OCH3 is 1. The highest BCUT2D eigenvalue weighted by atomic mass is 32.2. The van der Waals surface area contributed by atoms with Crippen LogP contribution in [0.5, 0.6) is 0 Å². The van der Waals surface area contributed by atoms with Gasteiger partial charge in [0.1, 0.15) is 0 Å². The normalized spacial score (nSPS) is 17.4. The Morgan fingerprint density at radius 1 is 1.22 bits per heavy atom. The highest BCUT2D eigenvalue weighted by Crippen LogP contribution is 2.32. The van der Waals surface area contributed by atoms with Crippen LogP contribution < -0.4 is 0 Å². The number of ether oxygens (including phenoxy) is 1. The van der Waals surface area contributed by atoms with E-state index in [2.05, 4.69) is 23.9 Å². The second-order valence-corrected chi connectivity index (χ2v) is 9.95. The number of fused-ring (bicyclic) bond motifs is 1. The summed E-state index contributed by atoms with van der Waals surface area (Å²) in [6, 6.07) is 3.82. The maximum absolute atomic E-state index is 12.9. The molecule has 0 saturated heterocycles. The molecular formula is C19H28N4O3S. The predicted octanol–water partition coefficient (Wildman–Crippen LogP) is 2.41. The Bertz CT molecular complexity index is 862. The molecule has 148 valence electrons. The Labute approximate surface area is 161 Å². The van der Waals surface area contributed by atoms with Crippen LogP contribution in [0.2, 0.25) is 0 Å². The monoisotopic (exact) mass is 392 g/mol. The van der Waals surface area contributed by atoms with Crippen molar-refractivity contribution in [1.29, 1.82) is 0 Å². The van der Waals surface area contributed by atoms with E-state index in [1.165, 1.54) is 0 Å². The topological polar surface area (TPSA) is 77.3 Å². The standard InChI is InChI=1S/C19H28N4O3S/c1-19(2)12-18-16(13-21-23(18)17-6-8-20-9-7-17)14-22(15-19)27(24,25)11-5-4-10-26-3/h6-9,13H,4-5,10-12,14-15H2,1-3H3. The quantitative estimate of drug-likeness (QED) is 0.676. The average molecular weight is 393 g/mol. The number of unbranched alkanes of at least 4 members (excludes halogenated alkanes) is 1. The summed E-state index contributed by atoms with van der Waals surface area (Å²) in [5.41, 5.74) is 2.80. The summed E-state index contributed by atoms with van der Waals surface area (Å²) >= 11 is 0. The summed E-state index contributed by atoms with van der Waals surface area (Å²) in [5, 5.41) is 4.53. The first-order valence-electron chi connectivity index (χ1n) is 9.25. The fourth-order valence-corrected chi connectivity index (χ4v) is 5.23. The summed E-state index contributed by atoms with van der Waals surface area (Å²) in [7, 11) is -1.69. The molecule has 0 atom stereocenters. The number of rotatable bonds is 7. The van der Waals surface area contributed by atoms with Crippen molar-refractivity contribution in [2.45, 2.75) is 39.7 Å². The maximum Gasteiger partial charge on any atom is 0.214 e. The van der Waals surface area contributed by atoms with Gasteiger partial charge >= 0.3 is 0 Å². The first-order chi connectivity index (χ1) is 12.8. The lowest BCUT2D eigenvalue weighted by Gasteiger charge is -2.29. The van der Waals surface area contributed by atoms with E-state index in [4.69, 9.17) is 4.74 Å². The van der Waals surface area contributed by atoms with Crippen LogP contribution in [-0.2, 0) is 27.7 Å². The van der Waals surface area contributed by atoms with Gasteiger partial charge in [0.15, 0.2) is 0 Å². The van der Waals surface area contributed by atoms with Crippen LogP contribution in [0.3, 0.4) is 0 Å². The number of nitrogens with zero attached hydrogens (tertiary/aromatic N) is 4. The fraction of sp³-hybridized carbons (Fsp3) is 0.579. The van der Waals surface area contributed by atoms with Gasteiger partial charge in [-0.15, -0.1) is 0 Å². The molecule has 3 rings (SSSR count). The Morgan fingerprint density at radius 2 is 1.96 bits per heavy atom. The van der Waals surface area contributed by atoms with Gasteiger partial charge in [0, 0.05) is 50.5 Å². The number of hydrogen-bond acceptors (Lipinski definition) is 5. The number of aromatic nitrogens is 3. The lowest BCUT2D eigenvalue weighted by atomic mass is 9.88. The first-order valence-corrected chi connectivity index (χ1v) is 10.9. The molecule has 2 aromatic heterocycles. The third-order valence-corrected chi connectivity index (χ3v) is 6.70. The molecule has 0 spiro atoms. The number of sulfonamides is 1. The van der Waals surface area contributed by atoms with Crippen LogP contribution in [-0.4, -0.2) is 53.5 Å². The predicted molar refractivity (Wildman–Crippen MR) is 104 cm³/mol. The molecule has 0 aliphatic carbocycles. The smallest absolute Gasteiger partial charge is 0.214 e. The molecule has 0 amide bonds. The maximum atomic E-state index is 12.9. The van der Waals surface area contributed by atoms with E-state index >= 15 is 0 Å². The van der Waals surface area contributed by atoms with Crippen LogP contribution in [0.1, 0.15) is 37.9 Å². The molecule has 0 radical (unpaired) electrons. The largest absolute Gasteiger partial charge is 0.385 e. The van der Waals surface area contributed by atoms with Gasteiger partial charge in [-0.3, -0.25) is 4.98 Å². The van der Waals surface area contributed by atoms with Gasteiger partial charge in [-0.2, -0.15) is 9.40 Å². The van der Waals surface area contributed by atoms with Gasteiger partial charge in [-0.25, -0.2) is 13.1 Å². The van der Waals surface area contributed by atoms with Crippen molar-refractivity contribution in [2.24, 2.45) is 5.41 Å². The zero-order valence-corrected chi connectivity index (χ0v) is 17.1. The number of pyridine rings is 1. The summed E-state index contributed by atoms with van der Waals surface area (Å²) in [4.78, 5) is 4.06. The molecule has 1 aliphatic rings. The van der Waals surface area contributed by atoms with Crippen LogP contribution in [0.15, 0.2) is 30.7 Å². The molecule has 0 N–H and O–H groups in total. The molecule has 2 aromatic rings. The third-order valence-electron chi connectivity index (χ3n) is 4.85. The Balaban J connectivity index is 1.87. The van der Waals surface area contributed by atoms with Crippen molar-refractivity contribution in [2.75, 3.05) is 26.0 Å². The molecule has 27 heavy (non-hydrogen) atoms. The average Bonchev–Trinajstić information content (AvgIpc) is 2.94. The zero-order chi connectivity index (χ0) is 19.5. The van der Waals surface area contributed by atoms with Crippen molar-refractivity contribution >= 4 is 10.0 Å². The van der Waals surface area contributed by atoms with Crippen LogP contribution in [0, 0.1) is 5.41 Å². The van der Waals surface area contributed by atoms with E-state index in [1.54, 1.807) is 30.0 Å². The van der Waals surface area contributed by atoms with E-state index in [1.807, 2.05) is 16.8 Å². The molecule has 0 saturated carbocycles. The summed E-state index contributed by atoms with van der Waals surface area (Å²) in [6.45, 7) is 5.68. The van der Waals surface area contributed by atoms with Crippen molar-refractivity contribution in [1.82, 2.24) is 19.1 Å². The van der Waals surface area contributed by atoms with E-state index in [0.717, 1.165) is 29.8 Å². The van der Waals surface area contributed by atoms with Crippen molar-refractivity contribution in [3.05, 3.63) is 42.0 Å². The lowest BCUT2D eigenvalue weighted by molar-refractivity contribution is 0.194. The molecule has 0 unspecified atom stereocenters. The Kier molecular flexibility index (Phi) is 5.98. The fourth-order valence-electron chi connectivity index (χ4n) is 3.53. The van der Waals surface area contributed by atoms with Gasteiger partial charge in [-0.05, 0) is 36.8 Å². The van der Waals surface area contributed by atoms with Crippen LogP contribution in [0.25, 0.3) is 5.69 Å². The summed E-state index contributed by atoms with van der Waals surface area (Å²) < 4.78 is 34.4. The van der Waals surface area contributed by atoms with Gasteiger partial charge < -0.3 is 4.74 Å². The molecular weight excluding hydrogens is 364 g/mol. The molecule has 0 aromatic carbocycles. The second kappa shape index (κ2) is 8.08. The summed E-state index contributed by atoms with van der Waals surface area (Å²) in [5.74, 6) is 0.153. The highest BCUT2D eigenvalue weighted by Gasteiger charge is 2.35. The zero-order valence-electron chi connectivity index (χ0n) is 16.3. The minimum Gasteiger partial charge on any atom is -0.385 e. The SMILES string of the molecule is COCCCCS(=O)(=O)N1Cc2cnn(-c3ccncc3)c2CC(C)(C)C1. The van der Waals surface area contributed by atoms with E-state index < -0.39 is 10.0 Å². The van der Waals surface area contributed by atoms with Gasteiger partial charge in [0.05, 0.1) is 17.6 Å². The lowest BCUT2D eigenvalue weighted by Crippen LogP contribution is -2.38. The third kappa shape index (κ3) is 4.75. The number of hydrogen-bond donors (Lipinski definition) is 0. The minimum absolute atomic E-state index is 0.153. The summed E-state index contributed by atoms with van der Waals surface area (Å²) in [6.07, 6.45) is 7.39. The molecule has 0 fully saturated rings.